The zero-order valence-electron chi connectivity index (χ0n) is 24.1. The molecule has 8 heteroatoms. The van der Waals surface area contributed by atoms with Crippen LogP contribution in [0.1, 0.15) is 59.4 Å². The number of likely N-dealkylation sites (tertiary alicyclic amines) is 1. The molecule has 5 rings (SSSR count). The van der Waals surface area contributed by atoms with Gasteiger partial charge < -0.3 is 10.2 Å². The number of hydrogen-bond acceptors (Lipinski definition) is 5. The highest BCUT2D eigenvalue weighted by Gasteiger charge is 2.69. The lowest BCUT2D eigenvalue weighted by Crippen LogP contribution is -2.55. The highest BCUT2D eigenvalue weighted by atomic mass is 16.2. The summed E-state index contributed by atoms with van der Waals surface area (Å²) in [6.45, 7) is 12.4. The smallest absolute Gasteiger partial charge is 0.257 e. The maximum atomic E-state index is 14.2. The number of piperidine rings is 1. The third-order valence-corrected chi connectivity index (χ3v) is 9.63. The molecule has 0 radical (unpaired) electrons. The summed E-state index contributed by atoms with van der Waals surface area (Å²) in [7, 11) is 0. The molecule has 1 unspecified atom stereocenters. The summed E-state index contributed by atoms with van der Waals surface area (Å²) in [5, 5.41) is 2.70. The molecule has 40 heavy (non-hydrogen) atoms. The van der Waals surface area contributed by atoms with E-state index < -0.39 is 6.04 Å². The van der Waals surface area contributed by atoms with E-state index in [1.807, 2.05) is 18.2 Å². The van der Waals surface area contributed by atoms with Gasteiger partial charge in [0.2, 0.25) is 17.7 Å². The third-order valence-electron chi connectivity index (χ3n) is 9.63. The second kappa shape index (κ2) is 10.5. The maximum absolute atomic E-state index is 14.2. The molecule has 3 aliphatic rings. The first-order valence-corrected chi connectivity index (χ1v) is 14.2. The fraction of sp³-hybridized carbons (Fsp3) is 0.500. The first-order valence-electron chi connectivity index (χ1n) is 14.2. The van der Waals surface area contributed by atoms with Gasteiger partial charge in [-0.15, -0.1) is 0 Å². The van der Waals surface area contributed by atoms with E-state index in [-0.39, 0.29) is 52.8 Å². The van der Waals surface area contributed by atoms with Gasteiger partial charge in [0, 0.05) is 44.2 Å². The SMILES string of the molecule is CC(=O)Nc1ccc(N2C(=O)CC(N(C(=O)C3C(C)(C)C3(C)C)C3CCN(Cc4ccccc4)CC3)C2=O)cc1. The minimum absolute atomic E-state index is 0.00878. The molecular weight excluding hydrogens is 504 g/mol. The summed E-state index contributed by atoms with van der Waals surface area (Å²) in [5.41, 5.74) is 1.93. The maximum Gasteiger partial charge on any atom is 0.257 e. The Morgan fingerprint density at radius 3 is 2.08 bits per heavy atom. The Balaban J connectivity index is 1.37. The van der Waals surface area contributed by atoms with Crippen LogP contribution in [-0.2, 0) is 25.7 Å². The molecule has 2 aromatic carbocycles. The second-order valence-electron chi connectivity index (χ2n) is 12.6. The van der Waals surface area contributed by atoms with Crippen molar-refractivity contribution in [1.29, 1.82) is 0 Å². The zero-order valence-corrected chi connectivity index (χ0v) is 24.1. The average Bonchev–Trinajstić information content (AvgIpc) is 3.14. The Hall–Kier alpha value is -3.52. The van der Waals surface area contributed by atoms with Crippen molar-refractivity contribution in [3.63, 3.8) is 0 Å². The molecule has 2 aliphatic heterocycles. The first-order chi connectivity index (χ1) is 18.9. The van der Waals surface area contributed by atoms with Gasteiger partial charge in [-0.25, -0.2) is 4.90 Å². The third kappa shape index (κ3) is 5.05. The van der Waals surface area contributed by atoms with Crippen LogP contribution >= 0.6 is 0 Å². The van der Waals surface area contributed by atoms with Crippen LogP contribution in [0.5, 0.6) is 0 Å². The van der Waals surface area contributed by atoms with Crippen molar-refractivity contribution >= 4 is 35.0 Å². The molecule has 1 N–H and O–H groups in total. The number of carbonyl (C=O) groups is 4. The molecule has 2 heterocycles. The largest absolute Gasteiger partial charge is 0.327 e. The standard InChI is InChI=1S/C32H40N4O4/c1-21(37)33-23-11-13-24(14-12-23)36-27(38)19-26(29(36)39)35(30(40)28-31(2,3)32(28,4)5)25-15-17-34(18-16-25)20-22-9-7-6-8-10-22/h6-14,25-26,28H,15-20H2,1-5H3,(H,33,37). The predicted octanol–water partition coefficient (Wildman–Crippen LogP) is 4.45. The zero-order chi connectivity index (χ0) is 28.8. The quantitative estimate of drug-likeness (QED) is 0.520. The highest BCUT2D eigenvalue weighted by Crippen LogP contribution is 2.69. The fourth-order valence-electron chi connectivity index (χ4n) is 6.75. The van der Waals surface area contributed by atoms with Crippen molar-refractivity contribution in [1.82, 2.24) is 9.80 Å². The van der Waals surface area contributed by atoms with E-state index in [4.69, 9.17) is 0 Å². The van der Waals surface area contributed by atoms with Gasteiger partial charge in [-0.3, -0.25) is 24.1 Å². The van der Waals surface area contributed by atoms with E-state index >= 15 is 0 Å². The van der Waals surface area contributed by atoms with Gasteiger partial charge in [0.05, 0.1) is 12.1 Å². The summed E-state index contributed by atoms with van der Waals surface area (Å²) in [6.07, 6.45) is 1.50. The van der Waals surface area contributed by atoms with E-state index in [1.165, 1.54) is 17.4 Å². The van der Waals surface area contributed by atoms with Crippen molar-refractivity contribution in [2.75, 3.05) is 23.3 Å². The van der Waals surface area contributed by atoms with Crippen molar-refractivity contribution in [2.24, 2.45) is 16.7 Å². The van der Waals surface area contributed by atoms with Gasteiger partial charge in [0.25, 0.3) is 5.91 Å². The van der Waals surface area contributed by atoms with E-state index in [0.717, 1.165) is 32.5 Å². The molecule has 8 nitrogen and oxygen atoms in total. The second-order valence-corrected chi connectivity index (χ2v) is 12.6. The monoisotopic (exact) mass is 544 g/mol. The fourth-order valence-corrected chi connectivity index (χ4v) is 6.75. The molecule has 2 saturated heterocycles. The number of hydrogen-bond donors (Lipinski definition) is 1. The number of carbonyl (C=O) groups excluding carboxylic acids is 4. The van der Waals surface area contributed by atoms with Crippen LogP contribution in [0.4, 0.5) is 11.4 Å². The number of anilines is 2. The first kappa shape index (κ1) is 28.0. The number of imide groups is 1. The lowest BCUT2D eigenvalue weighted by atomic mass is 9.97. The van der Waals surface area contributed by atoms with Crippen LogP contribution in [0, 0.1) is 16.7 Å². The molecular formula is C32H40N4O4. The number of nitrogens with one attached hydrogen (secondary N) is 1. The van der Waals surface area contributed by atoms with Gasteiger partial charge in [-0.05, 0) is 53.5 Å². The van der Waals surface area contributed by atoms with E-state index in [9.17, 15) is 19.2 Å². The summed E-state index contributed by atoms with van der Waals surface area (Å²) >= 11 is 0. The van der Waals surface area contributed by atoms with Gasteiger partial charge in [-0.2, -0.15) is 0 Å². The Bertz CT molecular complexity index is 1280. The molecule has 1 aliphatic carbocycles. The Morgan fingerprint density at radius 2 is 1.52 bits per heavy atom. The molecule has 3 fully saturated rings. The van der Waals surface area contributed by atoms with Gasteiger partial charge in [0.1, 0.15) is 6.04 Å². The van der Waals surface area contributed by atoms with Crippen LogP contribution < -0.4 is 10.2 Å². The normalized spacial score (nSPS) is 22.8. The number of amides is 4. The molecule has 0 aromatic heterocycles. The summed E-state index contributed by atoms with van der Waals surface area (Å²) in [6, 6.07) is 16.1. The van der Waals surface area contributed by atoms with E-state index in [1.54, 1.807) is 29.2 Å². The lowest BCUT2D eigenvalue weighted by molar-refractivity contribution is -0.144. The van der Waals surface area contributed by atoms with Gasteiger partial charge >= 0.3 is 0 Å². The molecule has 1 saturated carbocycles. The van der Waals surface area contributed by atoms with Crippen LogP contribution in [0.25, 0.3) is 0 Å². The minimum Gasteiger partial charge on any atom is -0.327 e. The van der Waals surface area contributed by atoms with Gasteiger partial charge in [-0.1, -0.05) is 58.0 Å². The predicted molar refractivity (Wildman–Crippen MR) is 154 cm³/mol. The minimum atomic E-state index is -0.812. The van der Waals surface area contributed by atoms with E-state index in [0.29, 0.717) is 11.4 Å². The van der Waals surface area contributed by atoms with E-state index in [2.05, 4.69) is 50.0 Å². The highest BCUT2D eigenvalue weighted by molar-refractivity contribution is 6.23. The topological polar surface area (TPSA) is 90.0 Å². The Kier molecular flexibility index (Phi) is 7.33. The molecule has 4 amide bonds. The van der Waals surface area contributed by atoms with Crippen LogP contribution in [0.15, 0.2) is 54.6 Å². The summed E-state index contributed by atoms with van der Waals surface area (Å²) in [5.74, 6) is -1.07. The van der Waals surface area contributed by atoms with Crippen LogP contribution in [0.3, 0.4) is 0 Å². The van der Waals surface area contributed by atoms with Crippen LogP contribution in [0.2, 0.25) is 0 Å². The summed E-state index contributed by atoms with van der Waals surface area (Å²) < 4.78 is 0. The Morgan fingerprint density at radius 1 is 0.925 bits per heavy atom. The number of nitrogens with zero attached hydrogens (tertiary/aromatic N) is 3. The van der Waals surface area contributed by atoms with Crippen molar-refractivity contribution in [2.45, 2.75) is 72.5 Å². The summed E-state index contributed by atoms with van der Waals surface area (Å²) in [4.78, 5) is 58.1. The molecule has 0 spiro atoms. The molecule has 1 atom stereocenters. The van der Waals surface area contributed by atoms with Crippen molar-refractivity contribution in [3.05, 3.63) is 60.2 Å². The number of rotatable bonds is 7. The molecule has 2 aromatic rings. The molecule has 0 bridgehead atoms. The Labute approximate surface area is 236 Å². The van der Waals surface area contributed by atoms with Crippen molar-refractivity contribution < 1.29 is 19.2 Å². The van der Waals surface area contributed by atoms with Crippen molar-refractivity contribution in [3.8, 4) is 0 Å². The average molecular weight is 545 g/mol. The van der Waals surface area contributed by atoms with Crippen LogP contribution in [-0.4, -0.2) is 58.6 Å². The van der Waals surface area contributed by atoms with Gasteiger partial charge in [0.15, 0.2) is 0 Å². The molecule has 212 valence electrons. The lowest BCUT2D eigenvalue weighted by Gasteiger charge is -2.41. The number of benzene rings is 2.